The molecule has 9 aromatic carbocycles. The van der Waals surface area contributed by atoms with Crippen LogP contribution in [0, 0.1) is 0 Å². The summed E-state index contributed by atoms with van der Waals surface area (Å²) in [5.74, 6) is 0.709. The topological polar surface area (TPSA) is 25.8 Å². The Morgan fingerprint density at radius 3 is 1.72 bits per heavy atom. The van der Waals surface area contributed by atoms with E-state index in [1.54, 1.807) is 0 Å². The van der Waals surface area contributed by atoms with Crippen LogP contribution in [0.4, 0.5) is 0 Å². The normalized spacial score (nSPS) is 12.9. The first-order valence-electron chi connectivity index (χ1n) is 19.7. The molecule has 1 aliphatic carbocycles. The molecule has 11 rings (SSSR count). The van der Waals surface area contributed by atoms with Crippen LogP contribution < -0.4 is 0 Å². The second-order valence-corrected chi connectivity index (χ2v) is 15.7. The Labute approximate surface area is 332 Å². The molecule has 0 atom stereocenters. The number of hydrogen-bond donors (Lipinski definition) is 0. The average Bonchev–Trinajstić information content (AvgIpc) is 3.51. The predicted molar refractivity (Wildman–Crippen MR) is 239 cm³/mol. The van der Waals surface area contributed by atoms with Crippen LogP contribution >= 0.6 is 0 Å². The lowest BCUT2D eigenvalue weighted by molar-refractivity contribution is 0.660. The van der Waals surface area contributed by atoms with Crippen LogP contribution in [0.15, 0.2) is 194 Å². The van der Waals surface area contributed by atoms with Crippen molar-refractivity contribution >= 4 is 32.3 Å². The third kappa shape index (κ3) is 5.33. The van der Waals surface area contributed by atoms with Crippen LogP contribution in [0.5, 0.6) is 0 Å². The molecule has 268 valence electrons. The molecule has 1 aromatic heterocycles. The molecule has 0 N–H and O–H groups in total. The molecule has 2 heteroatoms. The maximum atomic E-state index is 5.41. The monoisotopic (exact) mass is 726 g/mol. The van der Waals surface area contributed by atoms with E-state index in [1.807, 2.05) is 6.07 Å². The fraction of sp³-hybridized carbons (Fsp3) is 0.0545. The van der Waals surface area contributed by atoms with Crippen molar-refractivity contribution in [2.45, 2.75) is 19.3 Å². The van der Waals surface area contributed by atoms with Crippen molar-refractivity contribution in [1.29, 1.82) is 0 Å². The Hall–Kier alpha value is -7.16. The second kappa shape index (κ2) is 13.0. The lowest BCUT2D eigenvalue weighted by atomic mass is 9.80. The Morgan fingerprint density at radius 2 is 0.912 bits per heavy atom. The first-order valence-corrected chi connectivity index (χ1v) is 19.7. The van der Waals surface area contributed by atoms with Gasteiger partial charge in [0.2, 0.25) is 0 Å². The number of nitrogens with zero attached hydrogens (tertiary/aromatic N) is 2. The molecule has 10 aromatic rings. The molecule has 0 fully saturated rings. The summed E-state index contributed by atoms with van der Waals surface area (Å²) < 4.78 is 0. The van der Waals surface area contributed by atoms with Crippen LogP contribution in [0.1, 0.15) is 25.0 Å². The first kappa shape index (κ1) is 33.2. The number of aromatic nitrogens is 2. The maximum Gasteiger partial charge on any atom is 0.160 e. The minimum absolute atomic E-state index is 0.119. The Kier molecular flexibility index (Phi) is 7.55. The van der Waals surface area contributed by atoms with Gasteiger partial charge < -0.3 is 0 Å². The van der Waals surface area contributed by atoms with Gasteiger partial charge >= 0.3 is 0 Å². The number of hydrogen-bond acceptors (Lipinski definition) is 2. The minimum atomic E-state index is -0.119. The molecule has 57 heavy (non-hydrogen) atoms. The Balaban J connectivity index is 1.27. The van der Waals surface area contributed by atoms with Gasteiger partial charge in [-0.2, -0.15) is 0 Å². The van der Waals surface area contributed by atoms with Crippen LogP contribution in [-0.4, -0.2) is 9.97 Å². The summed E-state index contributed by atoms with van der Waals surface area (Å²) in [6.45, 7) is 4.73. The number of rotatable bonds is 5. The highest BCUT2D eigenvalue weighted by atomic mass is 14.9. The van der Waals surface area contributed by atoms with Crippen molar-refractivity contribution in [3.8, 4) is 67.3 Å². The van der Waals surface area contributed by atoms with E-state index in [-0.39, 0.29) is 5.41 Å². The highest BCUT2D eigenvalue weighted by molar-refractivity contribution is 6.23. The van der Waals surface area contributed by atoms with E-state index in [9.17, 15) is 0 Å². The summed E-state index contributed by atoms with van der Waals surface area (Å²) in [6.07, 6.45) is 0. The lowest BCUT2D eigenvalue weighted by Gasteiger charge is -2.23. The van der Waals surface area contributed by atoms with Crippen molar-refractivity contribution in [3.63, 3.8) is 0 Å². The standard InChI is InChI=1S/C55H38N2/c1-55(2)47-26-14-13-24-44(47)52-45(25-15-27-48(52)55)51-41-22-11-12-23-42(41)53(43-31-30-40(33-46(43)51)39-29-28-35-16-9-10-21-38(35)32-39)50-34-49(36-17-5-3-6-18-36)56-54(57-50)37-19-7-4-8-20-37/h3-34H,1-2H3. The van der Waals surface area contributed by atoms with E-state index < -0.39 is 0 Å². The molecule has 0 saturated heterocycles. The predicted octanol–water partition coefficient (Wildman–Crippen LogP) is 14.6. The lowest BCUT2D eigenvalue weighted by Crippen LogP contribution is -2.14. The van der Waals surface area contributed by atoms with Crippen molar-refractivity contribution < 1.29 is 0 Å². The largest absolute Gasteiger partial charge is 0.228 e. The van der Waals surface area contributed by atoms with Gasteiger partial charge in [0.1, 0.15) is 0 Å². The first-order chi connectivity index (χ1) is 28.0. The molecule has 0 amide bonds. The molecule has 0 spiro atoms. The fourth-order valence-corrected chi connectivity index (χ4v) is 9.30. The Bertz CT molecular complexity index is 3140. The third-order valence-corrected chi connectivity index (χ3v) is 12.1. The highest BCUT2D eigenvalue weighted by Gasteiger charge is 2.37. The zero-order chi connectivity index (χ0) is 38.1. The zero-order valence-electron chi connectivity index (χ0n) is 31.9. The molecule has 1 aliphatic rings. The van der Waals surface area contributed by atoms with Crippen LogP contribution in [-0.2, 0) is 5.41 Å². The smallest absolute Gasteiger partial charge is 0.160 e. The molecule has 0 radical (unpaired) electrons. The van der Waals surface area contributed by atoms with Gasteiger partial charge in [-0.05, 0) is 95.0 Å². The quantitative estimate of drug-likeness (QED) is 0.165. The number of fused-ring (bicyclic) bond motifs is 6. The van der Waals surface area contributed by atoms with Gasteiger partial charge in [-0.25, -0.2) is 9.97 Å². The van der Waals surface area contributed by atoms with Gasteiger partial charge in [-0.3, -0.25) is 0 Å². The van der Waals surface area contributed by atoms with Crippen molar-refractivity contribution in [1.82, 2.24) is 9.97 Å². The highest BCUT2D eigenvalue weighted by Crippen LogP contribution is 2.54. The summed E-state index contributed by atoms with van der Waals surface area (Å²) in [5.41, 5.74) is 15.1. The van der Waals surface area contributed by atoms with Gasteiger partial charge in [0.15, 0.2) is 5.82 Å². The summed E-state index contributed by atoms with van der Waals surface area (Å²) in [6, 6.07) is 70.3. The van der Waals surface area contributed by atoms with E-state index in [4.69, 9.17) is 9.97 Å². The zero-order valence-corrected chi connectivity index (χ0v) is 31.9. The third-order valence-electron chi connectivity index (χ3n) is 12.1. The van der Waals surface area contributed by atoms with Gasteiger partial charge in [0, 0.05) is 22.1 Å². The SMILES string of the molecule is CC1(C)c2ccccc2-c2c(-c3c4ccccc4c(-c4cc(-c5ccccc5)nc(-c5ccccc5)n4)c4ccc(-c5ccc6ccccc6c5)cc34)cccc21. The molecule has 1 heterocycles. The van der Waals surface area contributed by atoms with E-state index in [0.29, 0.717) is 5.82 Å². The fourth-order valence-electron chi connectivity index (χ4n) is 9.30. The average molecular weight is 727 g/mol. The minimum Gasteiger partial charge on any atom is -0.228 e. The van der Waals surface area contributed by atoms with Crippen molar-refractivity contribution in [3.05, 3.63) is 205 Å². The maximum absolute atomic E-state index is 5.41. The summed E-state index contributed by atoms with van der Waals surface area (Å²) in [4.78, 5) is 10.6. The van der Waals surface area contributed by atoms with Crippen LogP contribution in [0.3, 0.4) is 0 Å². The van der Waals surface area contributed by atoms with Gasteiger partial charge in [-0.1, -0.05) is 190 Å². The van der Waals surface area contributed by atoms with Crippen LogP contribution in [0.25, 0.3) is 99.6 Å². The van der Waals surface area contributed by atoms with E-state index >= 15 is 0 Å². The van der Waals surface area contributed by atoms with E-state index in [1.165, 1.54) is 71.4 Å². The van der Waals surface area contributed by atoms with Gasteiger partial charge in [-0.15, -0.1) is 0 Å². The Morgan fingerprint density at radius 1 is 0.333 bits per heavy atom. The summed E-state index contributed by atoms with van der Waals surface area (Å²) >= 11 is 0. The second-order valence-electron chi connectivity index (χ2n) is 15.7. The molecular formula is C55H38N2. The molecule has 0 unspecified atom stereocenters. The van der Waals surface area contributed by atoms with Gasteiger partial charge in [0.05, 0.1) is 11.4 Å². The molecule has 0 bridgehead atoms. The molecule has 0 aliphatic heterocycles. The molecule has 2 nitrogen and oxygen atoms in total. The van der Waals surface area contributed by atoms with Crippen molar-refractivity contribution in [2.75, 3.05) is 0 Å². The molecule has 0 saturated carbocycles. The van der Waals surface area contributed by atoms with E-state index in [2.05, 4.69) is 202 Å². The summed E-state index contributed by atoms with van der Waals surface area (Å²) in [5, 5.41) is 7.20. The van der Waals surface area contributed by atoms with E-state index in [0.717, 1.165) is 33.5 Å². The van der Waals surface area contributed by atoms with Gasteiger partial charge in [0.25, 0.3) is 0 Å². The van der Waals surface area contributed by atoms with Crippen molar-refractivity contribution in [2.24, 2.45) is 0 Å². The molecular weight excluding hydrogens is 689 g/mol. The summed E-state index contributed by atoms with van der Waals surface area (Å²) in [7, 11) is 0. The number of benzene rings is 9. The van der Waals surface area contributed by atoms with Crippen LogP contribution in [0.2, 0.25) is 0 Å².